The average molecular weight is 376 g/mol. The summed E-state index contributed by atoms with van der Waals surface area (Å²) in [7, 11) is 1.28. The molecule has 0 radical (unpaired) electrons. The number of thioether (sulfide) groups is 1. The van der Waals surface area contributed by atoms with E-state index in [0.717, 1.165) is 0 Å². The molecule has 0 aromatic carbocycles. The van der Waals surface area contributed by atoms with Crippen molar-refractivity contribution in [2.45, 2.75) is 31.9 Å². The number of pyridine rings is 1. The maximum atomic E-state index is 12.7. The quantitative estimate of drug-likeness (QED) is 0.470. The van der Waals surface area contributed by atoms with Gasteiger partial charge in [0.1, 0.15) is 5.03 Å². The minimum Gasteiger partial charge on any atom is -0.465 e. The molecule has 0 aliphatic carbocycles. The summed E-state index contributed by atoms with van der Waals surface area (Å²) < 4.78 is 10.0. The van der Waals surface area contributed by atoms with E-state index in [1.165, 1.54) is 25.8 Å². The summed E-state index contributed by atoms with van der Waals surface area (Å²) >= 11 is 1.31. The van der Waals surface area contributed by atoms with Crippen LogP contribution < -0.4 is 0 Å². The first-order valence-corrected chi connectivity index (χ1v) is 9.05. The Morgan fingerprint density at radius 2 is 1.92 bits per heavy atom. The number of methoxy groups -OCH3 is 1. The van der Waals surface area contributed by atoms with Gasteiger partial charge in [-0.2, -0.15) is 0 Å². The van der Waals surface area contributed by atoms with Crippen LogP contribution in [0.2, 0.25) is 0 Å². The second-order valence-corrected chi connectivity index (χ2v) is 6.38. The second-order valence-electron chi connectivity index (χ2n) is 5.59. The average Bonchev–Trinajstić information content (AvgIpc) is 2.94. The lowest BCUT2D eigenvalue weighted by Gasteiger charge is -2.13. The highest BCUT2D eigenvalue weighted by atomic mass is 32.2. The van der Waals surface area contributed by atoms with E-state index in [2.05, 4.69) is 9.97 Å². The van der Waals surface area contributed by atoms with Crippen LogP contribution in [0.5, 0.6) is 0 Å². The zero-order chi connectivity index (χ0) is 19.4. The molecule has 2 aromatic rings. The van der Waals surface area contributed by atoms with Gasteiger partial charge < -0.3 is 14.5 Å². The molecule has 8 heteroatoms. The number of rotatable bonds is 6. The number of Topliss-reactive ketones (excluding diaryl/α,β-unsaturated/α-hetero) is 1. The third-order valence-electron chi connectivity index (χ3n) is 3.91. The van der Waals surface area contributed by atoms with E-state index in [4.69, 9.17) is 9.47 Å². The Labute approximate surface area is 155 Å². The third kappa shape index (κ3) is 3.80. The van der Waals surface area contributed by atoms with Crippen LogP contribution in [0, 0.1) is 13.8 Å². The summed E-state index contributed by atoms with van der Waals surface area (Å²) in [5.74, 6) is -1.58. The number of hydrogen-bond donors (Lipinski definition) is 1. The van der Waals surface area contributed by atoms with E-state index in [1.807, 2.05) is 0 Å². The van der Waals surface area contributed by atoms with Crippen molar-refractivity contribution in [3.8, 4) is 0 Å². The number of ketones is 1. The minimum absolute atomic E-state index is 0.222. The SMILES string of the molecule is COC(=O)c1c(C)[nH]c(C(=O)[C@H](C)OC(=O)c2cccnc2SC)c1C. The van der Waals surface area contributed by atoms with Gasteiger partial charge in [-0.15, -0.1) is 11.8 Å². The van der Waals surface area contributed by atoms with E-state index in [9.17, 15) is 14.4 Å². The van der Waals surface area contributed by atoms with E-state index in [1.54, 1.807) is 38.4 Å². The summed E-state index contributed by atoms with van der Waals surface area (Å²) in [5.41, 5.74) is 1.82. The van der Waals surface area contributed by atoms with Gasteiger partial charge in [-0.3, -0.25) is 4.79 Å². The summed E-state index contributed by atoms with van der Waals surface area (Å²) in [6.07, 6.45) is 2.35. The molecule has 0 saturated heterocycles. The van der Waals surface area contributed by atoms with Crippen LogP contribution in [-0.2, 0) is 9.47 Å². The molecule has 2 heterocycles. The highest BCUT2D eigenvalue weighted by molar-refractivity contribution is 7.98. The Bertz CT molecular complexity index is 859. The fourth-order valence-electron chi connectivity index (χ4n) is 2.59. The summed E-state index contributed by atoms with van der Waals surface area (Å²) in [6, 6.07) is 3.22. The monoisotopic (exact) mass is 376 g/mol. The molecule has 0 spiro atoms. The van der Waals surface area contributed by atoms with Crippen molar-refractivity contribution < 1.29 is 23.9 Å². The molecule has 0 saturated carbocycles. The molecule has 138 valence electrons. The number of esters is 2. The number of aromatic amines is 1. The molecule has 0 aliphatic heterocycles. The van der Waals surface area contributed by atoms with Crippen LogP contribution in [0.1, 0.15) is 49.4 Å². The lowest BCUT2D eigenvalue weighted by Crippen LogP contribution is -2.25. The van der Waals surface area contributed by atoms with Crippen LogP contribution in [-0.4, -0.2) is 47.2 Å². The number of carbonyl (C=O) groups excluding carboxylic acids is 3. The Balaban J connectivity index is 2.23. The standard InChI is InChI=1S/C18H20N2O5S/c1-9-13(18(23)24-4)10(2)20-14(9)15(21)11(3)25-17(22)12-7-6-8-19-16(12)26-5/h6-8,11,20H,1-5H3/t11-/m0/s1. The lowest BCUT2D eigenvalue weighted by molar-refractivity contribution is 0.0312. The molecule has 0 amide bonds. The van der Waals surface area contributed by atoms with E-state index >= 15 is 0 Å². The van der Waals surface area contributed by atoms with E-state index in [0.29, 0.717) is 27.4 Å². The Kier molecular flexibility index (Phi) is 6.20. The van der Waals surface area contributed by atoms with Gasteiger partial charge in [0.15, 0.2) is 6.10 Å². The number of nitrogens with zero attached hydrogens (tertiary/aromatic N) is 1. The summed E-state index contributed by atoms with van der Waals surface area (Å²) in [6.45, 7) is 4.81. The van der Waals surface area contributed by atoms with Crippen LogP contribution in [0.25, 0.3) is 0 Å². The molecular weight excluding hydrogens is 356 g/mol. The number of H-pyrrole nitrogens is 1. The maximum Gasteiger partial charge on any atom is 0.341 e. The van der Waals surface area contributed by atoms with Crippen LogP contribution in [0.4, 0.5) is 0 Å². The zero-order valence-corrected chi connectivity index (χ0v) is 16.0. The normalized spacial score (nSPS) is 11.7. The first-order valence-electron chi connectivity index (χ1n) is 7.83. The first kappa shape index (κ1) is 19.7. The molecule has 2 rings (SSSR count). The molecule has 26 heavy (non-hydrogen) atoms. The molecule has 0 fully saturated rings. The number of carbonyl (C=O) groups is 3. The molecular formula is C18H20N2O5S. The van der Waals surface area contributed by atoms with Gasteiger partial charge in [0, 0.05) is 11.9 Å². The Hall–Kier alpha value is -2.61. The molecule has 7 nitrogen and oxygen atoms in total. The first-order chi connectivity index (χ1) is 12.3. The van der Waals surface area contributed by atoms with Crippen molar-refractivity contribution in [1.82, 2.24) is 9.97 Å². The van der Waals surface area contributed by atoms with Gasteiger partial charge in [-0.25, -0.2) is 14.6 Å². The maximum absolute atomic E-state index is 12.7. The van der Waals surface area contributed by atoms with Crippen molar-refractivity contribution in [2.75, 3.05) is 13.4 Å². The number of ether oxygens (including phenoxy) is 2. The number of aromatic nitrogens is 2. The highest BCUT2D eigenvalue weighted by Crippen LogP contribution is 2.22. The molecule has 0 aliphatic rings. The van der Waals surface area contributed by atoms with Crippen molar-refractivity contribution in [2.24, 2.45) is 0 Å². The van der Waals surface area contributed by atoms with E-state index < -0.39 is 23.8 Å². The second kappa shape index (κ2) is 8.18. The molecule has 0 unspecified atom stereocenters. The number of nitrogens with one attached hydrogen (secondary N) is 1. The fraction of sp³-hybridized carbons (Fsp3) is 0.333. The van der Waals surface area contributed by atoms with Crippen molar-refractivity contribution in [1.29, 1.82) is 0 Å². The number of hydrogen-bond acceptors (Lipinski definition) is 7. The predicted molar refractivity (Wildman–Crippen MR) is 96.8 cm³/mol. The third-order valence-corrected chi connectivity index (χ3v) is 4.62. The van der Waals surface area contributed by atoms with Gasteiger partial charge in [-0.1, -0.05) is 0 Å². The Morgan fingerprint density at radius 1 is 1.23 bits per heavy atom. The molecule has 1 N–H and O–H groups in total. The van der Waals surface area contributed by atoms with Crippen molar-refractivity contribution >= 4 is 29.5 Å². The van der Waals surface area contributed by atoms with Gasteiger partial charge in [-0.05, 0) is 44.7 Å². The lowest BCUT2D eigenvalue weighted by atomic mass is 10.1. The van der Waals surface area contributed by atoms with Crippen molar-refractivity contribution in [3.05, 3.63) is 46.4 Å². The Morgan fingerprint density at radius 3 is 2.54 bits per heavy atom. The van der Waals surface area contributed by atoms with Crippen molar-refractivity contribution in [3.63, 3.8) is 0 Å². The predicted octanol–water partition coefficient (Wildman–Crippen LogP) is 2.96. The van der Waals surface area contributed by atoms with Crippen LogP contribution in [0.3, 0.4) is 0 Å². The summed E-state index contributed by atoms with van der Waals surface area (Å²) in [4.78, 5) is 43.9. The molecule has 1 atom stereocenters. The molecule has 0 bridgehead atoms. The smallest absolute Gasteiger partial charge is 0.341 e. The van der Waals surface area contributed by atoms with Crippen LogP contribution in [0.15, 0.2) is 23.4 Å². The number of aryl methyl sites for hydroxylation is 1. The largest absolute Gasteiger partial charge is 0.465 e. The van der Waals surface area contributed by atoms with Gasteiger partial charge in [0.2, 0.25) is 5.78 Å². The highest BCUT2D eigenvalue weighted by Gasteiger charge is 2.28. The zero-order valence-electron chi connectivity index (χ0n) is 15.2. The molecule has 2 aromatic heterocycles. The minimum atomic E-state index is -1.03. The summed E-state index contributed by atoms with van der Waals surface area (Å²) in [5, 5.41) is 0.525. The van der Waals surface area contributed by atoms with Crippen LogP contribution >= 0.6 is 11.8 Å². The van der Waals surface area contributed by atoms with Gasteiger partial charge in [0.25, 0.3) is 0 Å². The topological polar surface area (TPSA) is 98.4 Å². The van der Waals surface area contributed by atoms with Gasteiger partial charge >= 0.3 is 11.9 Å². The fourth-order valence-corrected chi connectivity index (χ4v) is 3.13. The van der Waals surface area contributed by atoms with E-state index in [-0.39, 0.29) is 5.69 Å². The van der Waals surface area contributed by atoms with Gasteiger partial charge in [0.05, 0.1) is 23.9 Å².